The van der Waals surface area contributed by atoms with Gasteiger partial charge in [-0.05, 0) is 35.9 Å². The van der Waals surface area contributed by atoms with Crippen LogP contribution in [0.3, 0.4) is 0 Å². The Morgan fingerprint density at radius 3 is 2.10 bits per heavy atom. The van der Waals surface area contributed by atoms with Gasteiger partial charge in [0, 0.05) is 5.56 Å². The number of carbonyl (C=O) groups is 2. The van der Waals surface area contributed by atoms with Crippen molar-refractivity contribution in [1.29, 1.82) is 0 Å². The first-order valence-corrected chi connectivity index (χ1v) is 9.06. The van der Waals surface area contributed by atoms with Crippen molar-refractivity contribution in [3.63, 3.8) is 0 Å². The Labute approximate surface area is 173 Å². The summed E-state index contributed by atoms with van der Waals surface area (Å²) in [6, 6.07) is 18.7. The summed E-state index contributed by atoms with van der Waals surface area (Å²) in [5, 5.41) is 0. The normalized spacial score (nSPS) is 10.2. The molecule has 1 amide bonds. The molecule has 0 aliphatic rings. The summed E-state index contributed by atoms with van der Waals surface area (Å²) in [5.41, 5.74) is 6.66. The number of esters is 1. The van der Waals surface area contributed by atoms with Crippen LogP contribution in [0.15, 0.2) is 66.7 Å². The van der Waals surface area contributed by atoms with E-state index in [0.717, 1.165) is 5.56 Å². The number of ether oxygens (including phenoxy) is 4. The first-order chi connectivity index (χ1) is 14.5. The number of hydrogen-bond acceptors (Lipinski definition) is 6. The average molecular weight is 407 g/mol. The molecule has 0 spiro atoms. The van der Waals surface area contributed by atoms with E-state index in [1.54, 1.807) is 12.1 Å². The lowest BCUT2D eigenvalue weighted by atomic mass is 10.1. The van der Waals surface area contributed by atoms with Crippen LogP contribution in [0.1, 0.15) is 26.3 Å². The molecule has 154 valence electrons. The molecular weight excluding hydrogens is 386 g/mol. The van der Waals surface area contributed by atoms with E-state index in [4.69, 9.17) is 24.7 Å². The summed E-state index contributed by atoms with van der Waals surface area (Å²) in [6.45, 7) is 0.303. The molecule has 30 heavy (non-hydrogen) atoms. The lowest BCUT2D eigenvalue weighted by Crippen LogP contribution is -2.13. The molecule has 0 aliphatic carbocycles. The Kier molecular flexibility index (Phi) is 6.54. The maximum Gasteiger partial charge on any atom is 0.343 e. The minimum atomic E-state index is -0.650. The smallest absolute Gasteiger partial charge is 0.343 e. The Hall–Kier alpha value is -4.00. The van der Waals surface area contributed by atoms with Crippen molar-refractivity contribution in [3.05, 3.63) is 83.4 Å². The van der Waals surface area contributed by atoms with Crippen LogP contribution in [-0.2, 0) is 6.61 Å². The highest BCUT2D eigenvalue weighted by molar-refractivity contribution is 5.95. The summed E-state index contributed by atoms with van der Waals surface area (Å²) < 4.78 is 22.0. The zero-order chi connectivity index (χ0) is 21.5. The van der Waals surface area contributed by atoms with Crippen molar-refractivity contribution >= 4 is 11.9 Å². The lowest BCUT2D eigenvalue weighted by molar-refractivity contribution is 0.0732. The highest BCUT2D eigenvalue weighted by atomic mass is 16.5. The number of amides is 1. The van der Waals surface area contributed by atoms with E-state index in [0.29, 0.717) is 23.9 Å². The van der Waals surface area contributed by atoms with Gasteiger partial charge < -0.3 is 24.7 Å². The number of nitrogens with two attached hydrogens (primary N) is 1. The Morgan fingerprint density at radius 2 is 1.50 bits per heavy atom. The molecule has 0 heterocycles. The van der Waals surface area contributed by atoms with Crippen LogP contribution in [0.4, 0.5) is 0 Å². The third-order valence-electron chi connectivity index (χ3n) is 4.25. The van der Waals surface area contributed by atoms with Gasteiger partial charge in [0.25, 0.3) is 0 Å². The van der Waals surface area contributed by atoms with Crippen molar-refractivity contribution in [1.82, 2.24) is 0 Å². The minimum Gasteiger partial charge on any atom is -0.493 e. The summed E-state index contributed by atoms with van der Waals surface area (Å²) in [7, 11) is 2.94. The van der Waals surface area contributed by atoms with Crippen LogP contribution >= 0.6 is 0 Å². The third-order valence-corrected chi connectivity index (χ3v) is 4.25. The molecule has 2 N–H and O–H groups in total. The van der Waals surface area contributed by atoms with E-state index in [1.165, 1.54) is 38.5 Å². The Morgan fingerprint density at radius 1 is 0.833 bits per heavy atom. The molecule has 3 aromatic rings. The molecule has 0 fully saturated rings. The quantitative estimate of drug-likeness (QED) is 0.453. The fourth-order valence-electron chi connectivity index (χ4n) is 2.75. The van der Waals surface area contributed by atoms with E-state index in [1.807, 2.05) is 30.3 Å². The molecule has 0 unspecified atom stereocenters. The average Bonchev–Trinajstić information content (AvgIpc) is 2.77. The first kappa shape index (κ1) is 20.7. The first-order valence-electron chi connectivity index (χ1n) is 9.06. The molecular formula is C23H21NO6. The van der Waals surface area contributed by atoms with Gasteiger partial charge in [0.15, 0.2) is 11.5 Å². The van der Waals surface area contributed by atoms with Crippen molar-refractivity contribution in [2.75, 3.05) is 14.2 Å². The summed E-state index contributed by atoms with van der Waals surface area (Å²) in [6.07, 6.45) is 0. The topological polar surface area (TPSA) is 97.1 Å². The van der Waals surface area contributed by atoms with Gasteiger partial charge in [0.05, 0.1) is 19.8 Å². The van der Waals surface area contributed by atoms with Gasteiger partial charge in [-0.3, -0.25) is 4.79 Å². The molecule has 0 saturated carbocycles. The van der Waals surface area contributed by atoms with Gasteiger partial charge in [0.2, 0.25) is 11.7 Å². The van der Waals surface area contributed by atoms with Gasteiger partial charge in [-0.2, -0.15) is 0 Å². The van der Waals surface area contributed by atoms with Gasteiger partial charge in [-0.25, -0.2) is 4.79 Å². The second-order valence-electron chi connectivity index (χ2n) is 6.27. The van der Waals surface area contributed by atoms with E-state index in [9.17, 15) is 9.59 Å². The van der Waals surface area contributed by atoms with Crippen LogP contribution < -0.4 is 24.7 Å². The van der Waals surface area contributed by atoms with Gasteiger partial charge in [-0.15, -0.1) is 0 Å². The maximum absolute atomic E-state index is 12.6. The molecule has 0 saturated heterocycles. The second-order valence-corrected chi connectivity index (χ2v) is 6.27. The Balaban J connectivity index is 1.84. The molecule has 7 heteroatoms. The highest BCUT2D eigenvalue weighted by Crippen LogP contribution is 2.39. The lowest BCUT2D eigenvalue weighted by Gasteiger charge is -2.16. The van der Waals surface area contributed by atoms with Gasteiger partial charge >= 0.3 is 5.97 Å². The van der Waals surface area contributed by atoms with Crippen LogP contribution in [0.25, 0.3) is 0 Å². The minimum absolute atomic E-state index is 0.193. The number of rotatable bonds is 8. The zero-order valence-electron chi connectivity index (χ0n) is 16.6. The fourth-order valence-corrected chi connectivity index (χ4v) is 2.75. The predicted molar refractivity (Wildman–Crippen MR) is 110 cm³/mol. The molecule has 7 nitrogen and oxygen atoms in total. The van der Waals surface area contributed by atoms with Gasteiger partial charge in [-0.1, -0.05) is 36.4 Å². The monoisotopic (exact) mass is 407 g/mol. The molecule has 0 atom stereocenters. The fraction of sp³-hybridized carbons (Fsp3) is 0.130. The van der Waals surface area contributed by atoms with Crippen molar-refractivity contribution in [3.8, 4) is 23.0 Å². The number of benzene rings is 3. The van der Waals surface area contributed by atoms with Crippen LogP contribution in [0, 0.1) is 0 Å². The molecule has 0 bridgehead atoms. The van der Waals surface area contributed by atoms with Crippen LogP contribution in [0.2, 0.25) is 0 Å². The van der Waals surface area contributed by atoms with Crippen molar-refractivity contribution in [2.24, 2.45) is 5.73 Å². The molecule has 0 aromatic heterocycles. The van der Waals surface area contributed by atoms with E-state index < -0.39 is 11.9 Å². The van der Waals surface area contributed by atoms with Crippen LogP contribution in [-0.4, -0.2) is 26.1 Å². The summed E-state index contributed by atoms with van der Waals surface area (Å²) in [5.74, 6) is -0.0556. The maximum atomic E-state index is 12.6. The molecule has 0 radical (unpaired) electrons. The van der Waals surface area contributed by atoms with E-state index in [-0.39, 0.29) is 16.9 Å². The number of carbonyl (C=O) groups excluding carboxylic acids is 2. The van der Waals surface area contributed by atoms with E-state index in [2.05, 4.69) is 0 Å². The van der Waals surface area contributed by atoms with Crippen molar-refractivity contribution < 1.29 is 28.5 Å². The summed E-state index contributed by atoms with van der Waals surface area (Å²) in [4.78, 5) is 23.9. The predicted octanol–water partition coefficient (Wildman–Crippen LogP) is 3.60. The SMILES string of the molecule is COc1cc(C(=O)Oc2cccc(C(N)=O)c2)cc(OC)c1OCc1ccccc1. The third kappa shape index (κ3) is 4.88. The number of methoxy groups -OCH3 is 2. The molecule has 0 aliphatic heterocycles. The largest absolute Gasteiger partial charge is 0.493 e. The number of primary amides is 1. The van der Waals surface area contributed by atoms with Gasteiger partial charge in [0.1, 0.15) is 12.4 Å². The Bertz CT molecular complexity index is 1020. The second kappa shape index (κ2) is 9.47. The standard InChI is InChI=1S/C23H21NO6/c1-27-19-12-17(23(26)30-18-10-6-9-16(11-18)22(24)25)13-20(28-2)21(19)29-14-15-7-4-3-5-8-15/h3-13H,14H2,1-2H3,(H2,24,25). The molecule has 3 aromatic carbocycles. The van der Waals surface area contributed by atoms with Crippen LogP contribution in [0.5, 0.6) is 23.0 Å². The zero-order valence-corrected chi connectivity index (χ0v) is 16.6. The highest BCUT2D eigenvalue weighted by Gasteiger charge is 2.19. The number of hydrogen-bond donors (Lipinski definition) is 1. The van der Waals surface area contributed by atoms with Crippen molar-refractivity contribution in [2.45, 2.75) is 6.61 Å². The summed E-state index contributed by atoms with van der Waals surface area (Å²) >= 11 is 0. The molecule has 3 rings (SSSR count). The van der Waals surface area contributed by atoms with E-state index >= 15 is 0 Å².